The minimum absolute atomic E-state index is 0.268. The third kappa shape index (κ3) is 2.52. The quantitative estimate of drug-likeness (QED) is 0.811. The van der Waals surface area contributed by atoms with Gasteiger partial charge >= 0.3 is 0 Å². The van der Waals surface area contributed by atoms with Gasteiger partial charge in [-0.15, -0.1) is 0 Å². The van der Waals surface area contributed by atoms with E-state index in [2.05, 4.69) is 9.88 Å². The van der Waals surface area contributed by atoms with E-state index in [1.807, 2.05) is 0 Å². The van der Waals surface area contributed by atoms with E-state index >= 15 is 0 Å². The van der Waals surface area contributed by atoms with Crippen LogP contribution in [0.4, 0.5) is 4.39 Å². The maximum atomic E-state index is 12.9. The number of likely N-dealkylation sites (tertiary alicyclic amines) is 1. The molecule has 0 aromatic carbocycles. The van der Waals surface area contributed by atoms with Crippen LogP contribution >= 0.6 is 0 Å². The second-order valence-electron chi connectivity index (χ2n) is 4.01. The van der Waals surface area contributed by atoms with Crippen LogP contribution in [0, 0.1) is 5.82 Å². The highest BCUT2D eigenvalue weighted by Gasteiger charge is 2.22. The van der Waals surface area contributed by atoms with Crippen LogP contribution in [-0.2, 0) is 6.54 Å². The Labute approximate surface area is 89.1 Å². The van der Waals surface area contributed by atoms with E-state index in [4.69, 9.17) is 5.73 Å². The standard InChI is InChI=1S/C11H16FN3/c12-10-4-9(6-14-7-10)8-15-3-1-2-11(15)5-13/h4,6-7,11H,1-3,5,8,13H2. The predicted molar refractivity (Wildman–Crippen MR) is 56.7 cm³/mol. The minimum Gasteiger partial charge on any atom is -0.329 e. The lowest BCUT2D eigenvalue weighted by molar-refractivity contribution is 0.249. The monoisotopic (exact) mass is 209 g/mol. The molecule has 1 fully saturated rings. The molecule has 0 amide bonds. The van der Waals surface area contributed by atoms with Gasteiger partial charge in [0.15, 0.2) is 0 Å². The molecule has 82 valence electrons. The Morgan fingerprint density at radius 2 is 2.40 bits per heavy atom. The summed E-state index contributed by atoms with van der Waals surface area (Å²) in [7, 11) is 0. The zero-order valence-corrected chi connectivity index (χ0v) is 8.69. The van der Waals surface area contributed by atoms with Crippen molar-refractivity contribution in [2.45, 2.75) is 25.4 Å². The normalized spacial score (nSPS) is 22.1. The molecule has 0 bridgehead atoms. The van der Waals surface area contributed by atoms with E-state index in [9.17, 15) is 4.39 Å². The van der Waals surface area contributed by atoms with Gasteiger partial charge in [-0.1, -0.05) is 0 Å². The van der Waals surface area contributed by atoms with Crippen LogP contribution in [0.1, 0.15) is 18.4 Å². The van der Waals surface area contributed by atoms with Gasteiger partial charge < -0.3 is 5.73 Å². The molecule has 15 heavy (non-hydrogen) atoms. The average molecular weight is 209 g/mol. The summed E-state index contributed by atoms with van der Waals surface area (Å²) in [5.74, 6) is -0.268. The second kappa shape index (κ2) is 4.68. The molecule has 1 saturated heterocycles. The zero-order valence-electron chi connectivity index (χ0n) is 8.69. The van der Waals surface area contributed by atoms with Gasteiger partial charge in [0, 0.05) is 25.3 Å². The van der Waals surface area contributed by atoms with Gasteiger partial charge in [0.25, 0.3) is 0 Å². The molecule has 0 saturated carbocycles. The topological polar surface area (TPSA) is 42.1 Å². The Morgan fingerprint density at radius 1 is 1.53 bits per heavy atom. The van der Waals surface area contributed by atoms with Crippen molar-refractivity contribution in [3.8, 4) is 0 Å². The fourth-order valence-corrected chi connectivity index (χ4v) is 2.15. The molecule has 0 spiro atoms. The summed E-state index contributed by atoms with van der Waals surface area (Å²) in [4.78, 5) is 6.15. The first-order chi connectivity index (χ1) is 7.29. The van der Waals surface area contributed by atoms with Gasteiger partial charge in [0.1, 0.15) is 5.82 Å². The SMILES string of the molecule is NCC1CCCN1Cc1cncc(F)c1. The maximum absolute atomic E-state index is 12.9. The second-order valence-corrected chi connectivity index (χ2v) is 4.01. The number of rotatable bonds is 3. The van der Waals surface area contributed by atoms with E-state index in [-0.39, 0.29) is 5.82 Å². The molecule has 3 nitrogen and oxygen atoms in total. The van der Waals surface area contributed by atoms with Crippen LogP contribution in [0.5, 0.6) is 0 Å². The molecule has 2 N–H and O–H groups in total. The maximum Gasteiger partial charge on any atom is 0.141 e. The molecule has 1 atom stereocenters. The minimum atomic E-state index is -0.268. The predicted octanol–water partition coefficient (Wildman–Crippen LogP) is 1.14. The van der Waals surface area contributed by atoms with E-state index < -0.39 is 0 Å². The summed E-state index contributed by atoms with van der Waals surface area (Å²) < 4.78 is 12.9. The van der Waals surface area contributed by atoms with E-state index in [1.54, 1.807) is 12.3 Å². The summed E-state index contributed by atoms with van der Waals surface area (Å²) in [6.07, 6.45) is 5.28. The molecule has 1 unspecified atom stereocenters. The summed E-state index contributed by atoms with van der Waals surface area (Å²) in [6, 6.07) is 1.99. The highest BCUT2D eigenvalue weighted by atomic mass is 19.1. The Hall–Kier alpha value is -1.00. The number of hydrogen-bond acceptors (Lipinski definition) is 3. The highest BCUT2D eigenvalue weighted by molar-refractivity contribution is 5.10. The molecular formula is C11H16FN3. The lowest BCUT2D eigenvalue weighted by Gasteiger charge is -2.22. The fourth-order valence-electron chi connectivity index (χ4n) is 2.15. The van der Waals surface area contributed by atoms with Crippen LogP contribution < -0.4 is 5.73 Å². The summed E-state index contributed by atoms with van der Waals surface area (Å²) >= 11 is 0. The molecule has 1 aliphatic rings. The Kier molecular flexibility index (Phi) is 3.28. The van der Waals surface area contributed by atoms with Crippen LogP contribution in [0.2, 0.25) is 0 Å². The molecule has 2 heterocycles. The van der Waals surface area contributed by atoms with Gasteiger partial charge in [0.05, 0.1) is 6.20 Å². The highest BCUT2D eigenvalue weighted by Crippen LogP contribution is 2.18. The van der Waals surface area contributed by atoms with Crippen molar-refractivity contribution in [1.29, 1.82) is 0 Å². The molecule has 2 rings (SSSR count). The van der Waals surface area contributed by atoms with Gasteiger partial charge in [-0.2, -0.15) is 0 Å². The van der Waals surface area contributed by atoms with E-state index in [0.29, 0.717) is 12.6 Å². The lowest BCUT2D eigenvalue weighted by Crippen LogP contribution is -2.34. The number of pyridine rings is 1. The van der Waals surface area contributed by atoms with Crippen molar-refractivity contribution < 1.29 is 4.39 Å². The first-order valence-corrected chi connectivity index (χ1v) is 5.33. The Balaban J connectivity index is 2.02. The van der Waals surface area contributed by atoms with E-state index in [1.165, 1.54) is 12.6 Å². The molecule has 1 aromatic heterocycles. The van der Waals surface area contributed by atoms with Crippen molar-refractivity contribution in [2.75, 3.05) is 13.1 Å². The third-order valence-electron chi connectivity index (χ3n) is 2.92. The number of halogens is 1. The van der Waals surface area contributed by atoms with Gasteiger partial charge in [0.2, 0.25) is 0 Å². The van der Waals surface area contributed by atoms with Crippen LogP contribution in [0.25, 0.3) is 0 Å². The van der Waals surface area contributed by atoms with Crippen molar-refractivity contribution >= 4 is 0 Å². The van der Waals surface area contributed by atoms with Crippen LogP contribution in [0.3, 0.4) is 0 Å². The zero-order chi connectivity index (χ0) is 10.7. The molecule has 1 aliphatic heterocycles. The number of hydrogen-bond donors (Lipinski definition) is 1. The van der Waals surface area contributed by atoms with Crippen molar-refractivity contribution in [2.24, 2.45) is 5.73 Å². The Morgan fingerprint density at radius 3 is 3.13 bits per heavy atom. The molecule has 4 heteroatoms. The van der Waals surface area contributed by atoms with Crippen molar-refractivity contribution in [1.82, 2.24) is 9.88 Å². The number of nitrogens with two attached hydrogens (primary N) is 1. The van der Waals surface area contributed by atoms with Gasteiger partial charge in [-0.25, -0.2) is 4.39 Å². The van der Waals surface area contributed by atoms with Gasteiger partial charge in [-0.05, 0) is 31.0 Å². The lowest BCUT2D eigenvalue weighted by atomic mass is 10.2. The number of nitrogens with zero attached hydrogens (tertiary/aromatic N) is 2. The van der Waals surface area contributed by atoms with Gasteiger partial charge in [-0.3, -0.25) is 9.88 Å². The third-order valence-corrected chi connectivity index (χ3v) is 2.92. The fraction of sp³-hybridized carbons (Fsp3) is 0.545. The molecule has 0 aliphatic carbocycles. The summed E-state index contributed by atoms with van der Waals surface area (Å²) in [5, 5.41) is 0. The number of aromatic nitrogens is 1. The molecule has 0 radical (unpaired) electrons. The average Bonchev–Trinajstić information content (AvgIpc) is 2.65. The molecular weight excluding hydrogens is 193 g/mol. The van der Waals surface area contributed by atoms with Crippen LogP contribution in [0.15, 0.2) is 18.5 Å². The summed E-state index contributed by atoms with van der Waals surface area (Å²) in [6.45, 7) is 2.49. The Bertz CT molecular complexity index is 329. The largest absolute Gasteiger partial charge is 0.329 e. The smallest absolute Gasteiger partial charge is 0.141 e. The van der Waals surface area contributed by atoms with Crippen molar-refractivity contribution in [3.63, 3.8) is 0 Å². The van der Waals surface area contributed by atoms with Crippen LogP contribution in [-0.4, -0.2) is 29.0 Å². The van der Waals surface area contributed by atoms with Crippen molar-refractivity contribution in [3.05, 3.63) is 29.8 Å². The molecule has 1 aromatic rings. The summed E-state index contributed by atoms with van der Waals surface area (Å²) in [5.41, 5.74) is 6.60. The first kappa shape index (κ1) is 10.5. The first-order valence-electron chi connectivity index (χ1n) is 5.33. The van der Waals surface area contributed by atoms with E-state index in [0.717, 1.165) is 25.1 Å².